The van der Waals surface area contributed by atoms with E-state index in [0.29, 0.717) is 11.7 Å². The van der Waals surface area contributed by atoms with Crippen LogP contribution < -0.4 is 15.4 Å². The van der Waals surface area contributed by atoms with Crippen LogP contribution in [0, 0.1) is 5.82 Å². The highest BCUT2D eigenvalue weighted by Crippen LogP contribution is 2.17. The van der Waals surface area contributed by atoms with Crippen molar-refractivity contribution in [2.24, 2.45) is 0 Å². The summed E-state index contributed by atoms with van der Waals surface area (Å²) in [5, 5.41) is 6.64. The van der Waals surface area contributed by atoms with Crippen molar-refractivity contribution < 1.29 is 9.13 Å². The first-order valence-electron chi connectivity index (χ1n) is 6.21. The number of ether oxygens (including phenoxy) is 1. The molecular formula is C15H14ClFN2OS. The van der Waals surface area contributed by atoms with Gasteiger partial charge in [0.2, 0.25) is 0 Å². The maximum absolute atomic E-state index is 13.1. The van der Waals surface area contributed by atoms with E-state index in [2.05, 4.69) is 10.6 Å². The van der Waals surface area contributed by atoms with Gasteiger partial charge < -0.3 is 15.4 Å². The highest BCUT2D eigenvalue weighted by atomic mass is 35.5. The van der Waals surface area contributed by atoms with Gasteiger partial charge in [-0.05, 0) is 42.0 Å². The molecule has 2 rings (SSSR count). The summed E-state index contributed by atoms with van der Waals surface area (Å²) in [6.07, 6.45) is 0. The lowest BCUT2D eigenvalue weighted by atomic mass is 10.2. The second-order valence-corrected chi connectivity index (χ2v) is 5.10. The van der Waals surface area contributed by atoms with Crippen LogP contribution in [0.25, 0.3) is 0 Å². The first kappa shape index (κ1) is 15.5. The van der Waals surface area contributed by atoms with Crippen LogP contribution >= 0.6 is 23.8 Å². The van der Waals surface area contributed by atoms with Crippen LogP contribution in [-0.2, 0) is 6.54 Å². The van der Waals surface area contributed by atoms with Crippen molar-refractivity contribution in [2.75, 3.05) is 12.4 Å². The molecule has 21 heavy (non-hydrogen) atoms. The van der Waals surface area contributed by atoms with Gasteiger partial charge >= 0.3 is 0 Å². The maximum atomic E-state index is 13.1. The molecule has 3 nitrogen and oxygen atoms in total. The largest absolute Gasteiger partial charge is 0.497 e. The number of nitrogens with one attached hydrogen (secondary N) is 2. The van der Waals surface area contributed by atoms with Crippen LogP contribution in [0.3, 0.4) is 0 Å². The summed E-state index contributed by atoms with van der Waals surface area (Å²) < 4.78 is 18.2. The lowest BCUT2D eigenvalue weighted by Crippen LogP contribution is -2.27. The smallest absolute Gasteiger partial charge is 0.171 e. The average molecular weight is 325 g/mol. The van der Waals surface area contributed by atoms with Crippen molar-refractivity contribution in [3.05, 3.63) is 58.9 Å². The van der Waals surface area contributed by atoms with E-state index in [1.165, 1.54) is 6.07 Å². The number of hydrogen-bond donors (Lipinski definition) is 2. The number of anilines is 1. The van der Waals surface area contributed by atoms with E-state index in [9.17, 15) is 4.39 Å². The molecule has 0 amide bonds. The fourth-order valence-corrected chi connectivity index (χ4v) is 2.10. The fraction of sp³-hybridized carbons (Fsp3) is 0.133. The van der Waals surface area contributed by atoms with Gasteiger partial charge in [0, 0.05) is 18.3 Å². The Morgan fingerprint density at radius 2 is 2.10 bits per heavy atom. The minimum atomic E-state index is -0.433. The highest BCUT2D eigenvalue weighted by Gasteiger charge is 2.03. The van der Waals surface area contributed by atoms with Gasteiger partial charge in [0.25, 0.3) is 0 Å². The molecule has 0 atom stereocenters. The zero-order valence-corrected chi connectivity index (χ0v) is 12.9. The van der Waals surface area contributed by atoms with Crippen LogP contribution in [-0.4, -0.2) is 12.2 Å². The molecule has 0 saturated heterocycles. The van der Waals surface area contributed by atoms with E-state index in [1.807, 2.05) is 24.3 Å². The maximum Gasteiger partial charge on any atom is 0.171 e. The van der Waals surface area contributed by atoms with Crippen LogP contribution in [0.1, 0.15) is 5.56 Å². The van der Waals surface area contributed by atoms with Crippen LogP contribution in [0.15, 0.2) is 42.5 Å². The Bertz CT molecular complexity index is 651. The van der Waals surface area contributed by atoms with Gasteiger partial charge in [-0.3, -0.25) is 0 Å². The van der Waals surface area contributed by atoms with Gasteiger partial charge in [0.15, 0.2) is 5.11 Å². The molecule has 2 aromatic rings. The first-order valence-corrected chi connectivity index (χ1v) is 7.00. The quantitative estimate of drug-likeness (QED) is 0.834. The normalized spacial score (nSPS) is 10.0. The third-order valence-corrected chi connectivity index (χ3v) is 3.30. The van der Waals surface area contributed by atoms with Gasteiger partial charge in [-0.25, -0.2) is 4.39 Å². The summed E-state index contributed by atoms with van der Waals surface area (Å²) >= 11 is 10.9. The Morgan fingerprint density at radius 3 is 2.81 bits per heavy atom. The molecular weight excluding hydrogens is 311 g/mol. The number of benzene rings is 2. The van der Waals surface area contributed by atoms with E-state index < -0.39 is 5.82 Å². The zero-order valence-electron chi connectivity index (χ0n) is 11.3. The van der Waals surface area contributed by atoms with E-state index >= 15 is 0 Å². The minimum absolute atomic E-state index is 0.0981. The topological polar surface area (TPSA) is 33.3 Å². The third kappa shape index (κ3) is 4.58. The summed E-state index contributed by atoms with van der Waals surface area (Å²) in [6, 6.07) is 12.0. The number of halogens is 2. The molecule has 0 spiro atoms. The van der Waals surface area contributed by atoms with Crippen molar-refractivity contribution >= 4 is 34.6 Å². The standard InChI is InChI=1S/C15H14ClFN2OS/c1-20-12-4-2-3-11(8-12)19-15(21)18-9-10-5-6-14(17)13(16)7-10/h2-8H,9H2,1H3,(H2,18,19,21). The first-order chi connectivity index (χ1) is 10.1. The van der Waals surface area contributed by atoms with Crippen molar-refractivity contribution in [2.45, 2.75) is 6.54 Å². The number of hydrogen-bond acceptors (Lipinski definition) is 2. The second-order valence-electron chi connectivity index (χ2n) is 4.29. The lowest BCUT2D eigenvalue weighted by molar-refractivity contribution is 0.415. The molecule has 110 valence electrons. The average Bonchev–Trinajstić information content (AvgIpc) is 2.48. The minimum Gasteiger partial charge on any atom is -0.497 e. The second kappa shape index (κ2) is 7.24. The third-order valence-electron chi connectivity index (χ3n) is 2.76. The predicted octanol–water partition coefficient (Wildman–Crippen LogP) is 3.97. The predicted molar refractivity (Wildman–Crippen MR) is 87.5 cm³/mol. The van der Waals surface area contributed by atoms with Crippen molar-refractivity contribution in [1.82, 2.24) is 5.32 Å². The SMILES string of the molecule is COc1cccc(NC(=S)NCc2ccc(F)c(Cl)c2)c1. The molecule has 0 bridgehead atoms. The van der Waals surface area contributed by atoms with Gasteiger partial charge in [-0.15, -0.1) is 0 Å². The van der Waals surface area contributed by atoms with Crippen LogP contribution in [0.5, 0.6) is 5.75 Å². The highest BCUT2D eigenvalue weighted by molar-refractivity contribution is 7.80. The van der Waals surface area contributed by atoms with Gasteiger partial charge in [0.05, 0.1) is 12.1 Å². The van der Waals surface area contributed by atoms with E-state index in [4.69, 9.17) is 28.6 Å². The molecule has 0 aromatic heterocycles. The Hall–Kier alpha value is -1.85. The summed E-state index contributed by atoms with van der Waals surface area (Å²) in [7, 11) is 1.61. The summed E-state index contributed by atoms with van der Waals surface area (Å²) in [6.45, 7) is 0.454. The number of rotatable bonds is 4. The Morgan fingerprint density at radius 1 is 1.29 bits per heavy atom. The van der Waals surface area contributed by atoms with Crippen molar-refractivity contribution in [1.29, 1.82) is 0 Å². The summed E-state index contributed by atoms with van der Waals surface area (Å²) in [5.74, 6) is 0.311. The van der Waals surface area contributed by atoms with Crippen LogP contribution in [0.4, 0.5) is 10.1 Å². The van der Waals surface area contributed by atoms with Gasteiger partial charge in [-0.1, -0.05) is 23.7 Å². The van der Waals surface area contributed by atoms with Gasteiger partial charge in [0.1, 0.15) is 11.6 Å². The molecule has 6 heteroatoms. The Kier molecular flexibility index (Phi) is 5.36. The summed E-state index contributed by atoms with van der Waals surface area (Å²) in [5.41, 5.74) is 1.67. The molecule has 0 aliphatic carbocycles. The van der Waals surface area contributed by atoms with E-state index in [-0.39, 0.29) is 5.02 Å². The van der Waals surface area contributed by atoms with Gasteiger partial charge in [-0.2, -0.15) is 0 Å². The molecule has 0 heterocycles. The fourth-order valence-electron chi connectivity index (χ4n) is 1.71. The van der Waals surface area contributed by atoms with Crippen LogP contribution in [0.2, 0.25) is 5.02 Å². The Balaban J connectivity index is 1.90. The van der Waals surface area contributed by atoms with E-state index in [0.717, 1.165) is 17.0 Å². The zero-order chi connectivity index (χ0) is 15.2. The molecule has 0 saturated carbocycles. The monoisotopic (exact) mass is 324 g/mol. The molecule has 0 aliphatic heterocycles. The molecule has 0 aliphatic rings. The molecule has 2 N–H and O–H groups in total. The molecule has 0 unspecified atom stereocenters. The molecule has 2 aromatic carbocycles. The number of methoxy groups -OCH3 is 1. The number of thiocarbonyl (C=S) groups is 1. The van der Waals surface area contributed by atoms with Crippen molar-refractivity contribution in [3.8, 4) is 5.75 Å². The van der Waals surface area contributed by atoms with Crippen molar-refractivity contribution in [3.63, 3.8) is 0 Å². The lowest BCUT2D eigenvalue weighted by Gasteiger charge is -2.11. The molecule has 0 fully saturated rings. The van der Waals surface area contributed by atoms with E-state index in [1.54, 1.807) is 19.2 Å². The summed E-state index contributed by atoms with van der Waals surface area (Å²) in [4.78, 5) is 0. The molecule has 0 radical (unpaired) electrons. The Labute approximate surface area is 133 Å².